The van der Waals surface area contributed by atoms with Crippen LogP contribution >= 0.6 is 0 Å². The van der Waals surface area contributed by atoms with Gasteiger partial charge in [0.05, 0.1) is 0 Å². The van der Waals surface area contributed by atoms with Crippen LogP contribution < -0.4 is 0 Å². The van der Waals surface area contributed by atoms with E-state index in [1.165, 1.54) is 13.8 Å². The van der Waals surface area contributed by atoms with Crippen LogP contribution in [0.25, 0.3) is 0 Å². The lowest BCUT2D eigenvalue weighted by atomic mass is 9.70. The van der Waals surface area contributed by atoms with Gasteiger partial charge in [-0.1, -0.05) is 0 Å². The normalized spacial score (nSPS) is 39.3. The standard InChI is InChI=1S/C10H14O4/c1-5-6(2)8(12)10(4,14)9(3,13)7(5)11/h13-14H,1-4H3. The molecule has 78 valence electrons. The summed E-state index contributed by atoms with van der Waals surface area (Å²) in [6.07, 6.45) is 0. The molecule has 2 unspecified atom stereocenters. The van der Waals surface area contributed by atoms with Gasteiger partial charge in [0, 0.05) is 11.1 Å². The highest BCUT2D eigenvalue weighted by molar-refractivity contribution is 6.19. The van der Waals surface area contributed by atoms with Crippen LogP contribution in [0.1, 0.15) is 27.7 Å². The molecule has 0 spiro atoms. The van der Waals surface area contributed by atoms with E-state index in [2.05, 4.69) is 0 Å². The summed E-state index contributed by atoms with van der Waals surface area (Å²) in [4.78, 5) is 23.2. The van der Waals surface area contributed by atoms with Gasteiger partial charge in [-0.3, -0.25) is 9.59 Å². The molecule has 0 radical (unpaired) electrons. The third-order valence-electron chi connectivity index (χ3n) is 3.08. The second kappa shape index (κ2) is 2.74. The summed E-state index contributed by atoms with van der Waals surface area (Å²) < 4.78 is 0. The lowest BCUT2D eigenvalue weighted by Gasteiger charge is -2.40. The van der Waals surface area contributed by atoms with Gasteiger partial charge < -0.3 is 10.2 Å². The van der Waals surface area contributed by atoms with Crippen molar-refractivity contribution in [3.63, 3.8) is 0 Å². The Bertz CT molecular complexity index is 313. The Balaban J connectivity index is 3.47. The summed E-state index contributed by atoms with van der Waals surface area (Å²) >= 11 is 0. The second-order valence-electron chi connectivity index (χ2n) is 4.05. The van der Waals surface area contributed by atoms with E-state index < -0.39 is 22.8 Å². The predicted molar refractivity (Wildman–Crippen MR) is 49.6 cm³/mol. The van der Waals surface area contributed by atoms with E-state index in [1.54, 1.807) is 0 Å². The smallest absolute Gasteiger partial charge is 0.193 e. The highest BCUT2D eigenvalue weighted by Gasteiger charge is 2.56. The average molecular weight is 198 g/mol. The number of carbonyl (C=O) groups excluding carboxylic acids is 2. The van der Waals surface area contributed by atoms with E-state index in [1.807, 2.05) is 0 Å². The first-order valence-corrected chi connectivity index (χ1v) is 4.36. The Labute approximate surface area is 82.2 Å². The number of carbonyl (C=O) groups is 2. The fourth-order valence-corrected chi connectivity index (χ4v) is 1.51. The van der Waals surface area contributed by atoms with Crippen LogP contribution in [0.2, 0.25) is 0 Å². The van der Waals surface area contributed by atoms with E-state index in [0.717, 1.165) is 13.8 Å². The van der Waals surface area contributed by atoms with Crippen molar-refractivity contribution < 1.29 is 19.8 Å². The van der Waals surface area contributed by atoms with E-state index in [-0.39, 0.29) is 11.1 Å². The zero-order chi connectivity index (χ0) is 11.3. The number of rotatable bonds is 0. The molecule has 14 heavy (non-hydrogen) atoms. The molecule has 0 saturated heterocycles. The van der Waals surface area contributed by atoms with Crippen LogP contribution in [0.3, 0.4) is 0 Å². The van der Waals surface area contributed by atoms with Crippen LogP contribution in [-0.4, -0.2) is 33.0 Å². The van der Waals surface area contributed by atoms with Crippen LogP contribution in [0.15, 0.2) is 11.1 Å². The van der Waals surface area contributed by atoms with E-state index in [4.69, 9.17) is 0 Å². The number of hydrogen-bond donors (Lipinski definition) is 2. The third kappa shape index (κ3) is 1.07. The van der Waals surface area contributed by atoms with Crippen molar-refractivity contribution in [3.05, 3.63) is 11.1 Å². The van der Waals surface area contributed by atoms with E-state index in [9.17, 15) is 19.8 Å². The second-order valence-corrected chi connectivity index (χ2v) is 4.05. The highest BCUT2D eigenvalue weighted by Crippen LogP contribution is 2.34. The number of Topliss-reactive ketones (excluding diaryl/α,β-unsaturated/α-hetero) is 2. The summed E-state index contributed by atoms with van der Waals surface area (Å²) in [5.74, 6) is -1.20. The van der Waals surface area contributed by atoms with Crippen LogP contribution in [0.5, 0.6) is 0 Å². The van der Waals surface area contributed by atoms with Gasteiger partial charge >= 0.3 is 0 Å². The Kier molecular flexibility index (Phi) is 2.17. The molecule has 4 heteroatoms. The minimum absolute atomic E-state index is 0.214. The number of aliphatic hydroxyl groups is 2. The van der Waals surface area contributed by atoms with E-state index in [0.29, 0.717) is 0 Å². The van der Waals surface area contributed by atoms with Crippen molar-refractivity contribution in [1.29, 1.82) is 0 Å². The molecule has 0 aromatic carbocycles. The van der Waals surface area contributed by atoms with Crippen molar-refractivity contribution in [2.24, 2.45) is 0 Å². The Morgan fingerprint density at radius 2 is 1.07 bits per heavy atom. The first kappa shape index (κ1) is 11.1. The Hall–Kier alpha value is -1.00. The van der Waals surface area contributed by atoms with Gasteiger partial charge in [0.15, 0.2) is 22.8 Å². The molecular weight excluding hydrogens is 184 g/mol. The fourth-order valence-electron chi connectivity index (χ4n) is 1.51. The molecule has 1 rings (SSSR count). The molecule has 1 aliphatic carbocycles. The van der Waals surface area contributed by atoms with Crippen molar-refractivity contribution >= 4 is 11.6 Å². The maximum Gasteiger partial charge on any atom is 0.193 e. The van der Waals surface area contributed by atoms with Gasteiger partial charge in [-0.25, -0.2) is 0 Å². The van der Waals surface area contributed by atoms with Gasteiger partial charge in [0.1, 0.15) is 0 Å². The molecule has 0 bridgehead atoms. The van der Waals surface area contributed by atoms with Crippen molar-refractivity contribution in [3.8, 4) is 0 Å². The minimum atomic E-state index is -2.03. The largest absolute Gasteiger partial charge is 0.378 e. The fraction of sp³-hybridized carbons (Fsp3) is 0.600. The van der Waals surface area contributed by atoms with Crippen LogP contribution in [0.4, 0.5) is 0 Å². The van der Waals surface area contributed by atoms with Gasteiger partial charge in [-0.2, -0.15) is 0 Å². The van der Waals surface area contributed by atoms with Gasteiger partial charge in [0.2, 0.25) is 0 Å². The molecule has 0 amide bonds. The quantitative estimate of drug-likeness (QED) is 0.573. The highest BCUT2D eigenvalue weighted by atomic mass is 16.4. The first-order valence-electron chi connectivity index (χ1n) is 4.36. The van der Waals surface area contributed by atoms with Gasteiger partial charge in [0.25, 0.3) is 0 Å². The Morgan fingerprint density at radius 1 is 0.857 bits per heavy atom. The number of hydrogen-bond acceptors (Lipinski definition) is 4. The zero-order valence-electron chi connectivity index (χ0n) is 8.71. The monoisotopic (exact) mass is 198 g/mol. The van der Waals surface area contributed by atoms with Crippen molar-refractivity contribution in [2.45, 2.75) is 38.9 Å². The molecule has 0 aromatic heterocycles. The Morgan fingerprint density at radius 3 is 1.29 bits per heavy atom. The minimum Gasteiger partial charge on any atom is -0.378 e. The van der Waals surface area contributed by atoms with E-state index >= 15 is 0 Å². The lowest BCUT2D eigenvalue weighted by molar-refractivity contribution is -0.173. The SMILES string of the molecule is CC1=C(C)C(=O)C(C)(O)C(C)(O)C1=O. The summed E-state index contributed by atoms with van der Waals surface area (Å²) in [5.41, 5.74) is -3.64. The number of ketones is 2. The molecular formula is C10H14O4. The molecule has 0 saturated carbocycles. The molecule has 4 nitrogen and oxygen atoms in total. The molecule has 2 atom stereocenters. The first-order chi connectivity index (χ1) is 6.14. The summed E-state index contributed by atoms with van der Waals surface area (Å²) in [6.45, 7) is 5.25. The third-order valence-corrected chi connectivity index (χ3v) is 3.08. The van der Waals surface area contributed by atoms with Gasteiger partial charge in [-0.05, 0) is 27.7 Å². The van der Waals surface area contributed by atoms with Crippen LogP contribution in [-0.2, 0) is 9.59 Å². The molecule has 0 fully saturated rings. The molecule has 0 aromatic rings. The van der Waals surface area contributed by atoms with Crippen LogP contribution in [0, 0.1) is 0 Å². The van der Waals surface area contributed by atoms with Gasteiger partial charge in [-0.15, -0.1) is 0 Å². The zero-order valence-corrected chi connectivity index (χ0v) is 8.71. The molecule has 0 heterocycles. The molecule has 1 aliphatic rings. The molecule has 0 aliphatic heterocycles. The average Bonchev–Trinajstić information content (AvgIpc) is 2.10. The lowest BCUT2D eigenvalue weighted by Crippen LogP contribution is -2.63. The summed E-state index contributed by atoms with van der Waals surface area (Å²) in [6, 6.07) is 0. The summed E-state index contributed by atoms with van der Waals surface area (Å²) in [5, 5.41) is 19.5. The topological polar surface area (TPSA) is 74.6 Å². The predicted octanol–water partition coefficient (Wildman–Crippen LogP) is -0.0234. The molecule has 2 N–H and O–H groups in total. The summed E-state index contributed by atoms with van der Waals surface area (Å²) in [7, 11) is 0. The maximum absolute atomic E-state index is 11.6. The van der Waals surface area contributed by atoms with Crippen molar-refractivity contribution in [2.75, 3.05) is 0 Å². The maximum atomic E-state index is 11.6. The van der Waals surface area contributed by atoms with Crippen molar-refractivity contribution in [1.82, 2.24) is 0 Å².